The van der Waals surface area contributed by atoms with Gasteiger partial charge in [-0.25, -0.2) is 0 Å². The number of hydrogen-bond acceptors (Lipinski definition) is 7. The first kappa shape index (κ1) is 15.9. The van der Waals surface area contributed by atoms with Gasteiger partial charge in [0.2, 0.25) is 5.82 Å². The fourth-order valence-corrected chi connectivity index (χ4v) is 2.53. The molecule has 0 bridgehead atoms. The number of benzene rings is 1. The molecule has 0 amide bonds. The van der Waals surface area contributed by atoms with Crippen LogP contribution in [0.5, 0.6) is 5.75 Å². The van der Waals surface area contributed by atoms with Gasteiger partial charge in [-0.05, 0) is 17.3 Å². The summed E-state index contributed by atoms with van der Waals surface area (Å²) < 4.78 is 10.5. The summed E-state index contributed by atoms with van der Waals surface area (Å²) in [6.45, 7) is 4.02. The van der Waals surface area contributed by atoms with Crippen molar-refractivity contribution in [2.24, 2.45) is 0 Å². The maximum Gasteiger partial charge on any atom is 0.205 e. The first-order chi connectivity index (χ1) is 11.2. The van der Waals surface area contributed by atoms with Gasteiger partial charge in [-0.1, -0.05) is 12.1 Å². The molecular formula is C15H21N5O3. The van der Waals surface area contributed by atoms with Gasteiger partial charge in [0.1, 0.15) is 5.75 Å². The van der Waals surface area contributed by atoms with Crippen LogP contribution in [0, 0.1) is 0 Å². The Labute approximate surface area is 134 Å². The normalized spacial score (nSPS) is 17.1. The van der Waals surface area contributed by atoms with Crippen molar-refractivity contribution in [1.82, 2.24) is 25.1 Å². The highest BCUT2D eigenvalue weighted by Gasteiger charge is 2.16. The third-order valence-corrected chi connectivity index (χ3v) is 3.73. The summed E-state index contributed by atoms with van der Waals surface area (Å²) in [5.41, 5.74) is 0.832. The summed E-state index contributed by atoms with van der Waals surface area (Å²) in [7, 11) is 1.62. The minimum atomic E-state index is -0.541. The number of morpholine rings is 1. The maximum atomic E-state index is 10.2. The zero-order valence-electron chi connectivity index (χ0n) is 13.1. The molecule has 1 N–H and O–H groups in total. The van der Waals surface area contributed by atoms with E-state index in [2.05, 4.69) is 20.3 Å². The van der Waals surface area contributed by atoms with Crippen LogP contribution in [0.25, 0.3) is 11.4 Å². The Hall–Kier alpha value is -2.03. The van der Waals surface area contributed by atoms with Gasteiger partial charge < -0.3 is 14.6 Å². The van der Waals surface area contributed by atoms with Crippen molar-refractivity contribution in [2.45, 2.75) is 12.6 Å². The number of tetrazole rings is 1. The summed E-state index contributed by atoms with van der Waals surface area (Å²) in [6, 6.07) is 7.49. The number of β-amino-alcohol motifs (C(OH)–C–C–N with tert-alkyl or cyclic N) is 1. The number of nitrogens with zero attached hydrogens (tertiary/aromatic N) is 5. The predicted octanol–water partition coefficient (Wildman–Crippen LogP) is 0.0418. The van der Waals surface area contributed by atoms with Crippen molar-refractivity contribution in [3.8, 4) is 17.1 Å². The lowest BCUT2D eigenvalue weighted by molar-refractivity contribution is 0.00988. The highest BCUT2D eigenvalue weighted by Crippen LogP contribution is 2.19. The Bertz CT molecular complexity index is 627. The Morgan fingerprint density at radius 2 is 2.13 bits per heavy atom. The zero-order valence-corrected chi connectivity index (χ0v) is 13.1. The molecule has 1 aliphatic rings. The first-order valence-electron chi connectivity index (χ1n) is 7.65. The van der Waals surface area contributed by atoms with E-state index in [9.17, 15) is 5.11 Å². The molecule has 2 aromatic rings. The Morgan fingerprint density at radius 1 is 1.30 bits per heavy atom. The fourth-order valence-electron chi connectivity index (χ4n) is 2.53. The molecule has 1 aliphatic heterocycles. The number of aliphatic hydroxyl groups is 1. The third-order valence-electron chi connectivity index (χ3n) is 3.73. The van der Waals surface area contributed by atoms with E-state index in [4.69, 9.17) is 9.47 Å². The summed E-state index contributed by atoms with van der Waals surface area (Å²) in [5, 5.41) is 22.6. The van der Waals surface area contributed by atoms with E-state index in [0.29, 0.717) is 32.1 Å². The minimum absolute atomic E-state index is 0.314. The standard InChI is InChI=1S/C15H21N5O3/c1-22-14-4-2-3-12(9-14)15-16-18-20(17-15)11-13(21)10-19-5-7-23-8-6-19/h2-4,9,13,21H,5-8,10-11H2,1H3/t13-/m0/s1. The predicted molar refractivity (Wildman–Crippen MR) is 83.1 cm³/mol. The lowest BCUT2D eigenvalue weighted by atomic mass is 10.2. The largest absolute Gasteiger partial charge is 0.497 e. The van der Waals surface area contributed by atoms with E-state index in [1.54, 1.807) is 7.11 Å². The topological polar surface area (TPSA) is 85.5 Å². The molecule has 124 valence electrons. The van der Waals surface area contributed by atoms with Crippen LogP contribution in [-0.4, -0.2) is 76.3 Å². The van der Waals surface area contributed by atoms with Crippen molar-refractivity contribution in [3.05, 3.63) is 24.3 Å². The first-order valence-corrected chi connectivity index (χ1v) is 7.65. The van der Waals surface area contributed by atoms with Gasteiger partial charge in [-0.15, -0.1) is 10.2 Å². The number of aliphatic hydroxyl groups excluding tert-OH is 1. The van der Waals surface area contributed by atoms with Crippen LogP contribution < -0.4 is 4.74 Å². The van der Waals surface area contributed by atoms with Gasteiger partial charge in [-0.3, -0.25) is 4.90 Å². The van der Waals surface area contributed by atoms with Crippen LogP contribution in [0.4, 0.5) is 0 Å². The van der Waals surface area contributed by atoms with Gasteiger partial charge in [0.15, 0.2) is 0 Å². The Kier molecular flexibility index (Phi) is 5.16. The van der Waals surface area contributed by atoms with Crippen LogP contribution in [0.15, 0.2) is 24.3 Å². The van der Waals surface area contributed by atoms with E-state index in [-0.39, 0.29) is 0 Å². The van der Waals surface area contributed by atoms with Crippen molar-refractivity contribution < 1.29 is 14.6 Å². The number of aromatic nitrogens is 4. The van der Waals surface area contributed by atoms with E-state index in [1.807, 2.05) is 24.3 Å². The molecule has 0 spiro atoms. The smallest absolute Gasteiger partial charge is 0.205 e. The summed E-state index contributed by atoms with van der Waals surface area (Å²) in [4.78, 5) is 3.61. The van der Waals surface area contributed by atoms with Crippen LogP contribution in [0.1, 0.15) is 0 Å². The molecule has 1 aromatic carbocycles. The molecule has 1 fully saturated rings. The molecule has 3 rings (SSSR count). The Morgan fingerprint density at radius 3 is 2.91 bits per heavy atom. The molecule has 1 atom stereocenters. The molecule has 0 saturated carbocycles. The quantitative estimate of drug-likeness (QED) is 0.804. The summed E-state index contributed by atoms with van der Waals surface area (Å²) in [5.74, 6) is 1.26. The number of rotatable bonds is 6. The van der Waals surface area contributed by atoms with E-state index in [0.717, 1.165) is 24.4 Å². The van der Waals surface area contributed by atoms with Gasteiger partial charge in [-0.2, -0.15) is 4.80 Å². The molecule has 2 heterocycles. The number of ether oxygens (including phenoxy) is 2. The van der Waals surface area contributed by atoms with Crippen LogP contribution in [-0.2, 0) is 11.3 Å². The van der Waals surface area contributed by atoms with Gasteiger partial charge >= 0.3 is 0 Å². The molecule has 8 heteroatoms. The highest BCUT2D eigenvalue weighted by molar-refractivity contribution is 5.56. The second-order valence-electron chi connectivity index (χ2n) is 5.47. The minimum Gasteiger partial charge on any atom is -0.497 e. The lowest BCUT2D eigenvalue weighted by Gasteiger charge is -2.28. The van der Waals surface area contributed by atoms with Crippen molar-refractivity contribution in [1.29, 1.82) is 0 Å². The van der Waals surface area contributed by atoms with E-state index < -0.39 is 6.10 Å². The Balaban J connectivity index is 1.60. The fraction of sp³-hybridized carbons (Fsp3) is 0.533. The summed E-state index contributed by atoms with van der Waals surface area (Å²) in [6.07, 6.45) is -0.541. The molecule has 1 aromatic heterocycles. The monoisotopic (exact) mass is 319 g/mol. The average molecular weight is 319 g/mol. The second-order valence-corrected chi connectivity index (χ2v) is 5.47. The van der Waals surface area contributed by atoms with E-state index >= 15 is 0 Å². The molecular weight excluding hydrogens is 298 g/mol. The zero-order chi connectivity index (χ0) is 16.1. The molecule has 0 radical (unpaired) electrons. The highest BCUT2D eigenvalue weighted by atomic mass is 16.5. The molecule has 8 nitrogen and oxygen atoms in total. The van der Waals surface area contributed by atoms with Gasteiger partial charge in [0.25, 0.3) is 0 Å². The number of methoxy groups -OCH3 is 1. The molecule has 0 aliphatic carbocycles. The van der Waals surface area contributed by atoms with Crippen LogP contribution >= 0.6 is 0 Å². The van der Waals surface area contributed by atoms with Gasteiger partial charge in [0, 0.05) is 25.2 Å². The van der Waals surface area contributed by atoms with Crippen LogP contribution in [0.3, 0.4) is 0 Å². The van der Waals surface area contributed by atoms with Crippen molar-refractivity contribution in [2.75, 3.05) is 40.0 Å². The molecule has 0 unspecified atom stereocenters. The third kappa shape index (κ3) is 4.25. The summed E-state index contributed by atoms with van der Waals surface area (Å²) >= 11 is 0. The molecule has 1 saturated heterocycles. The molecule has 23 heavy (non-hydrogen) atoms. The number of hydrogen-bond donors (Lipinski definition) is 1. The van der Waals surface area contributed by atoms with Crippen LogP contribution in [0.2, 0.25) is 0 Å². The van der Waals surface area contributed by atoms with E-state index in [1.165, 1.54) is 4.80 Å². The average Bonchev–Trinajstić information content (AvgIpc) is 3.04. The maximum absolute atomic E-state index is 10.2. The SMILES string of the molecule is COc1cccc(-c2nnn(C[C@@H](O)CN3CCOCC3)n2)c1. The van der Waals surface area contributed by atoms with Gasteiger partial charge in [0.05, 0.1) is 33.0 Å². The van der Waals surface area contributed by atoms with Crippen molar-refractivity contribution >= 4 is 0 Å². The van der Waals surface area contributed by atoms with Crippen molar-refractivity contribution in [3.63, 3.8) is 0 Å². The lowest BCUT2D eigenvalue weighted by Crippen LogP contribution is -2.42. The second kappa shape index (κ2) is 7.49.